The number of hydrogen-bond acceptors (Lipinski definition) is 5. The van der Waals surface area contributed by atoms with Crippen LogP contribution in [0.5, 0.6) is 0 Å². The number of anilines is 1. The Morgan fingerprint density at radius 1 is 0.903 bits per heavy atom. The summed E-state index contributed by atoms with van der Waals surface area (Å²) < 4.78 is 51.6. The van der Waals surface area contributed by atoms with E-state index >= 15 is 0 Å². The van der Waals surface area contributed by atoms with E-state index < -0.39 is 31.5 Å². The van der Waals surface area contributed by atoms with Crippen molar-refractivity contribution in [2.24, 2.45) is 0 Å². The number of nitrogens with one attached hydrogen (secondary N) is 1. The SMILES string of the molecule is CCCN(CCC)S(=O)(=O)c1ccc(NC(=O)CS(=O)(=O)Cc2ccc(Cl)cc2)cc1. The molecule has 0 radical (unpaired) electrons. The Bertz CT molecular complexity index is 1080. The van der Waals surface area contributed by atoms with Gasteiger partial charge < -0.3 is 5.32 Å². The van der Waals surface area contributed by atoms with Gasteiger partial charge in [-0.25, -0.2) is 16.8 Å². The lowest BCUT2D eigenvalue weighted by atomic mass is 10.2. The molecule has 0 aromatic heterocycles. The highest BCUT2D eigenvalue weighted by atomic mass is 35.5. The average Bonchev–Trinajstić information content (AvgIpc) is 2.69. The Balaban J connectivity index is 2.03. The van der Waals surface area contributed by atoms with Crippen LogP contribution in [-0.2, 0) is 30.4 Å². The van der Waals surface area contributed by atoms with Crippen LogP contribution in [0.4, 0.5) is 5.69 Å². The van der Waals surface area contributed by atoms with Crippen molar-refractivity contribution in [2.75, 3.05) is 24.2 Å². The zero-order valence-corrected chi connectivity index (χ0v) is 19.9. The van der Waals surface area contributed by atoms with Gasteiger partial charge in [0.15, 0.2) is 9.84 Å². The molecule has 0 heterocycles. The first-order valence-electron chi connectivity index (χ1n) is 9.92. The molecule has 0 spiro atoms. The number of halogens is 1. The van der Waals surface area contributed by atoms with E-state index in [9.17, 15) is 21.6 Å². The molecular formula is C21H27ClN2O5S2. The Kier molecular flexibility index (Phi) is 9.05. The minimum Gasteiger partial charge on any atom is -0.325 e. The van der Waals surface area contributed by atoms with Gasteiger partial charge in [0.25, 0.3) is 0 Å². The van der Waals surface area contributed by atoms with Gasteiger partial charge in [-0.2, -0.15) is 4.31 Å². The zero-order valence-electron chi connectivity index (χ0n) is 17.5. The number of sulfone groups is 1. The second-order valence-corrected chi connectivity index (χ2v) is 11.6. The highest BCUT2D eigenvalue weighted by Crippen LogP contribution is 2.19. The van der Waals surface area contributed by atoms with Gasteiger partial charge >= 0.3 is 0 Å². The number of sulfonamides is 1. The Hall–Kier alpha value is -1.94. The van der Waals surface area contributed by atoms with Crippen LogP contribution in [0, 0.1) is 0 Å². The molecule has 0 aliphatic rings. The summed E-state index contributed by atoms with van der Waals surface area (Å²) in [7, 11) is -7.30. The Morgan fingerprint density at radius 3 is 1.97 bits per heavy atom. The van der Waals surface area contributed by atoms with Crippen LogP contribution >= 0.6 is 11.6 Å². The van der Waals surface area contributed by atoms with Gasteiger partial charge in [-0.1, -0.05) is 37.6 Å². The number of carbonyl (C=O) groups is 1. The van der Waals surface area contributed by atoms with E-state index in [1.54, 1.807) is 24.3 Å². The third-order valence-electron chi connectivity index (χ3n) is 4.37. The number of nitrogens with zero attached hydrogens (tertiary/aromatic N) is 1. The smallest absolute Gasteiger partial charge is 0.243 e. The highest BCUT2D eigenvalue weighted by Gasteiger charge is 2.23. The summed E-state index contributed by atoms with van der Waals surface area (Å²) in [5.74, 6) is -1.65. The maximum Gasteiger partial charge on any atom is 0.243 e. The van der Waals surface area contributed by atoms with Crippen LogP contribution in [0.3, 0.4) is 0 Å². The van der Waals surface area contributed by atoms with Crippen molar-refractivity contribution < 1.29 is 21.6 Å². The average molecular weight is 487 g/mol. The van der Waals surface area contributed by atoms with Crippen molar-refractivity contribution in [1.82, 2.24) is 4.31 Å². The largest absolute Gasteiger partial charge is 0.325 e. The Labute approximate surface area is 189 Å². The van der Waals surface area contributed by atoms with Gasteiger partial charge in [-0.15, -0.1) is 0 Å². The summed E-state index contributed by atoms with van der Waals surface area (Å²) in [6.45, 7) is 4.69. The summed E-state index contributed by atoms with van der Waals surface area (Å²) in [4.78, 5) is 12.3. The van der Waals surface area contributed by atoms with Crippen molar-refractivity contribution in [3.05, 3.63) is 59.1 Å². The minimum atomic E-state index is -3.68. The van der Waals surface area contributed by atoms with E-state index in [-0.39, 0.29) is 10.6 Å². The first-order chi connectivity index (χ1) is 14.6. The molecule has 0 unspecified atom stereocenters. The molecule has 0 fully saturated rings. The van der Waals surface area contributed by atoms with Crippen LogP contribution in [0.2, 0.25) is 5.02 Å². The molecule has 7 nitrogen and oxygen atoms in total. The normalized spacial score (nSPS) is 12.1. The van der Waals surface area contributed by atoms with Gasteiger partial charge in [0, 0.05) is 23.8 Å². The lowest BCUT2D eigenvalue weighted by Gasteiger charge is -2.21. The standard InChI is InChI=1S/C21H27ClN2O5S2/c1-3-13-24(14-4-2)31(28,29)20-11-9-19(10-12-20)23-21(25)16-30(26,27)15-17-5-7-18(22)8-6-17/h5-12H,3-4,13-16H2,1-2H3,(H,23,25). The summed E-state index contributed by atoms with van der Waals surface area (Å²) in [5, 5.41) is 3.00. The molecule has 0 saturated carbocycles. The van der Waals surface area contributed by atoms with Crippen molar-refractivity contribution in [3.63, 3.8) is 0 Å². The van der Waals surface area contributed by atoms with E-state index in [0.717, 1.165) is 0 Å². The maximum absolute atomic E-state index is 12.8. The lowest BCUT2D eigenvalue weighted by Crippen LogP contribution is -2.32. The second kappa shape index (κ2) is 11.1. The molecule has 2 aromatic rings. The van der Waals surface area contributed by atoms with Crippen molar-refractivity contribution in [2.45, 2.75) is 37.3 Å². The zero-order chi connectivity index (χ0) is 23.1. The molecule has 0 atom stereocenters. The van der Waals surface area contributed by atoms with Gasteiger partial charge in [0.2, 0.25) is 15.9 Å². The predicted molar refractivity (Wildman–Crippen MR) is 123 cm³/mol. The summed E-state index contributed by atoms with van der Waals surface area (Å²) >= 11 is 5.79. The molecule has 1 N–H and O–H groups in total. The van der Waals surface area contributed by atoms with Gasteiger partial charge in [-0.05, 0) is 54.8 Å². The number of amides is 1. The predicted octanol–water partition coefficient (Wildman–Crippen LogP) is 3.70. The second-order valence-electron chi connectivity index (χ2n) is 7.14. The van der Waals surface area contributed by atoms with Crippen LogP contribution in [0.1, 0.15) is 32.3 Å². The van der Waals surface area contributed by atoms with E-state index in [1.165, 1.54) is 28.6 Å². The van der Waals surface area contributed by atoms with Crippen LogP contribution < -0.4 is 5.32 Å². The molecule has 0 bridgehead atoms. The summed E-state index contributed by atoms with van der Waals surface area (Å²) in [6, 6.07) is 12.1. The molecule has 170 valence electrons. The minimum absolute atomic E-state index is 0.128. The fourth-order valence-electron chi connectivity index (χ4n) is 2.99. The van der Waals surface area contributed by atoms with Crippen molar-refractivity contribution in [1.29, 1.82) is 0 Å². The van der Waals surface area contributed by atoms with Gasteiger partial charge in [0.1, 0.15) is 5.75 Å². The molecule has 0 aliphatic carbocycles. The van der Waals surface area contributed by atoms with Crippen molar-refractivity contribution in [3.8, 4) is 0 Å². The fraction of sp³-hybridized carbons (Fsp3) is 0.381. The van der Waals surface area contributed by atoms with E-state index in [1.807, 2.05) is 13.8 Å². The van der Waals surface area contributed by atoms with Crippen LogP contribution in [0.25, 0.3) is 0 Å². The van der Waals surface area contributed by atoms with E-state index in [4.69, 9.17) is 11.6 Å². The van der Waals surface area contributed by atoms with Crippen LogP contribution in [-0.4, -0.2) is 45.9 Å². The first-order valence-corrected chi connectivity index (χ1v) is 13.6. The van der Waals surface area contributed by atoms with E-state index in [0.29, 0.717) is 42.2 Å². The highest BCUT2D eigenvalue weighted by molar-refractivity contribution is 7.91. The third-order valence-corrected chi connectivity index (χ3v) is 8.01. The fourth-order valence-corrected chi connectivity index (χ4v) is 6.02. The molecule has 2 aromatic carbocycles. The third kappa shape index (κ3) is 7.60. The molecule has 10 heteroatoms. The topological polar surface area (TPSA) is 101 Å². The quantitative estimate of drug-likeness (QED) is 0.521. The number of carbonyl (C=O) groups excluding carboxylic acids is 1. The number of rotatable bonds is 11. The summed E-state index contributed by atoms with van der Waals surface area (Å²) in [6.07, 6.45) is 1.41. The molecule has 0 saturated heterocycles. The van der Waals surface area contributed by atoms with Crippen LogP contribution in [0.15, 0.2) is 53.4 Å². The van der Waals surface area contributed by atoms with E-state index in [2.05, 4.69) is 5.32 Å². The monoisotopic (exact) mass is 486 g/mol. The van der Waals surface area contributed by atoms with Crippen molar-refractivity contribution >= 4 is 43.1 Å². The number of benzene rings is 2. The van der Waals surface area contributed by atoms with Gasteiger partial charge in [-0.3, -0.25) is 4.79 Å². The lowest BCUT2D eigenvalue weighted by molar-refractivity contribution is -0.113. The van der Waals surface area contributed by atoms with Gasteiger partial charge in [0.05, 0.1) is 10.6 Å². The molecule has 1 amide bonds. The summed E-state index contributed by atoms with van der Waals surface area (Å²) in [5.41, 5.74) is 0.860. The maximum atomic E-state index is 12.8. The molecule has 2 rings (SSSR count). The Morgan fingerprint density at radius 2 is 1.45 bits per heavy atom. The molecular weight excluding hydrogens is 460 g/mol. The number of hydrogen-bond donors (Lipinski definition) is 1. The molecule has 0 aliphatic heterocycles. The first kappa shape index (κ1) is 25.3. The molecule has 31 heavy (non-hydrogen) atoms.